The average Bonchev–Trinajstić information content (AvgIpc) is 2.79. The number of amides is 1. The third-order valence-corrected chi connectivity index (χ3v) is 8.94. The summed E-state index contributed by atoms with van der Waals surface area (Å²) in [5.74, 6) is 1.47. The second kappa shape index (κ2) is 11.1. The zero-order valence-corrected chi connectivity index (χ0v) is 21.4. The molecule has 3 rings (SSSR count). The first-order valence-electron chi connectivity index (χ1n) is 11.4. The number of anilines is 2. The molecule has 1 heterocycles. The maximum Gasteiger partial charge on any atom is 0.267 e. The van der Waals surface area contributed by atoms with Gasteiger partial charge in [0.15, 0.2) is 0 Å². The molecular weight excluding hydrogens is 454 g/mol. The van der Waals surface area contributed by atoms with Crippen LogP contribution in [0.3, 0.4) is 0 Å². The minimum atomic E-state index is -3.71. The molecule has 8 heteroatoms. The molecule has 1 aliphatic heterocycles. The Balaban J connectivity index is 1.78. The topological polar surface area (TPSA) is 78.5 Å². The van der Waals surface area contributed by atoms with Crippen LogP contribution in [-0.2, 0) is 14.8 Å². The quantitative estimate of drug-likeness (QED) is 0.344. The first-order chi connectivity index (χ1) is 15.8. The molecule has 1 amide bonds. The molecule has 2 N–H and O–H groups in total. The Labute approximate surface area is 201 Å². The third kappa shape index (κ3) is 6.12. The molecule has 1 aliphatic rings. The molecule has 0 bridgehead atoms. The summed E-state index contributed by atoms with van der Waals surface area (Å²) in [5.41, 5.74) is 2.25. The highest BCUT2D eigenvalue weighted by Gasteiger charge is 2.31. The summed E-state index contributed by atoms with van der Waals surface area (Å²) >= 11 is 1.76. The Morgan fingerprint density at radius 2 is 1.97 bits per heavy atom. The molecule has 0 fully saturated rings. The van der Waals surface area contributed by atoms with Gasteiger partial charge in [0.25, 0.3) is 15.9 Å². The van der Waals surface area contributed by atoms with E-state index in [1.165, 1.54) is 32.4 Å². The molecule has 1 atom stereocenters. The van der Waals surface area contributed by atoms with Crippen molar-refractivity contribution in [2.45, 2.75) is 56.2 Å². The number of carbonyl (C=O) groups excluding carboxylic acids is 1. The van der Waals surface area contributed by atoms with Crippen molar-refractivity contribution < 1.29 is 13.2 Å². The number of para-hydroxylation sites is 1. The highest BCUT2D eigenvalue weighted by Crippen LogP contribution is 2.33. The van der Waals surface area contributed by atoms with Crippen molar-refractivity contribution in [1.29, 1.82) is 0 Å². The Kier molecular flexibility index (Phi) is 8.48. The molecule has 178 valence electrons. The van der Waals surface area contributed by atoms with E-state index >= 15 is 0 Å². The van der Waals surface area contributed by atoms with Crippen LogP contribution in [0.15, 0.2) is 64.2 Å². The zero-order valence-electron chi connectivity index (χ0n) is 19.7. The molecule has 6 nitrogen and oxygen atoms in total. The van der Waals surface area contributed by atoms with Crippen molar-refractivity contribution in [3.8, 4) is 0 Å². The van der Waals surface area contributed by atoms with Gasteiger partial charge in [-0.25, -0.2) is 8.42 Å². The van der Waals surface area contributed by atoms with Crippen LogP contribution in [0, 0.1) is 12.8 Å². The first kappa shape index (κ1) is 25.2. The number of unbranched alkanes of at least 4 members (excludes halogenated alkanes) is 1. The second-order valence-corrected chi connectivity index (χ2v) is 11.3. The SMILES string of the molecule is CCCCC(CC)CSc1ccc(C)cc1NC(=O)/C=C1/Nc2ccccc2S(=O)(=O)N1C. The van der Waals surface area contributed by atoms with Gasteiger partial charge in [-0.15, -0.1) is 11.8 Å². The molecule has 2 aromatic carbocycles. The number of nitrogens with one attached hydrogen (secondary N) is 2. The van der Waals surface area contributed by atoms with Crippen LogP contribution in [0.2, 0.25) is 0 Å². The van der Waals surface area contributed by atoms with Gasteiger partial charge in [-0.1, -0.05) is 51.3 Å². The zero-order chi connectivity index (χ0) is 24.0. The lowest BCUT2D eigenvalue weighted by Gasteiger charge is -2.30. The number of rotatable bonds is 9. The van der Waals surface area contributed by atoms with Gasteiger partial charge >= 0.3 is 0 Å². The molecule has 1 unspecified atom stereocenters. The summed E-state index contributed by atoms with van der Waals surface area (Å²) in [6.07, 6.45) is 6.08. The van der Waals surface area contributed by atoms with E-state index in [1.807, 2.05) is 25.1 Å². The Bertz CT molecular complexity index is 1130. The molecule has 33 heavy (non-hydrogen) atoms. The lowest BCUT2D eigenvalue weighted by Crippen LogP contribution is -2.35. The molecular formula is C25H33N3O3S2. The lowest BCUT2D eigenvalue weighted by molar-refractivity contribution is -0.112. The van der Waals surface area contributed by atoms with Gasteiger partial charge in [0.1, 0.15) is 10.7 Å². The van der Waals surface area contributed by atoms with E-state index in [4.69, 9.17) is 0 Å². The maximum atomic E-state index is 12.9. The lowest BCUT2D eigenvalue weighted by atomic mass is 10.0. The van der Waals surface area contributed by atoms with Gasteiger partial charge in [0.2, 0.25) is 0 Å². The number of sulfonamides is 1. The van der Waals surface area contributed by atoms with E-state index in [0.29, 0.717) is 11.6 Å². The fraction of sp³-hybridized carbons (Fsp3) is 0.400. The minimum absolute atomic E-state index is 0.191. The number of carbonyl (C=O) groups is 1. The average molecular weight is 488 g/mol. The summed E-state index contributed by atoms with van der Waals surface area (Å²) in [4.78, 5) is 14.1. The largest absolute Gasteiger partial charge is 0.340 e. The van der Waals surface area contributed by atoms with Gasteiger partial charge < -0.3 is 10.6 Å². The first-order valence-corrected chi connectivity index (χ1v) is 13.8. The maximum absolute atomic E-state index is 12.9. The van der Waals surface area contributed by atoms with Crippen molar-refractivity contribution in [3.63, 3.8) is 0 Å². The standard InChI is InChI=1S/C25H33N3O3S2/c1-5-7-10-19(6-2)17-32-22-14-13-18(3)15-21(22)27-25(29)16-24-26-20-11-8-9-12-23(20)33(30,31)28(24)4/h8-9,11-16,19,26H,5-7,10,17H2,1-4H3,(H,27,29)/b24-16-. The van der Waals surface area contributed by atoms with Crippen molar-refractivity contribution >= 4 is 39.1 Å². The predicted molar refractivity (Wildman–Crippen MR) is 137 cm³/mol. The normalized spacial score (nSPS) is 16.7. The van der Waals surface area contributed by atoms with Crippen LogP contribution in [0.4, 0.5) is 11.4 Å². The highest BCUT2D eigenvalue weighted by atomic mass is 32.2. The molecule has 0 aliphatic carbocycles. The van der Waals surface area contributed by atoms with Gasteiger partial charge in [-0.05, 0) is 49.1 Å². The van der Waals surface area contributed by atoms with Gasteiger partial charge in [0, 0.05) is 23.8 Å². The molecule has 0 aromatic heterocycles. The Hall–Kier alpha value is -2.45. The fourth-order valence-corrected chi connectivity index (χ4v) is 6.23. The van der Waals surface area contributed by atoms with E-state index in [-0.39, 0.29) is 16.6 Å². The highest BCUT2D eigenvalue weighted by molar-refractivity contribution is 7.99. The molecule has 0 spiro atoms. The van der Waals surface area contributed by atoms with Crippen LogP contribution in [0.25, 0.3) is 0 Å². The minimum Gasteiger partial charge on any atom is -0.340 e. The summed E-state index contributed by atoms with van der Waals surface area (Å²) in [6, 6.07) is 12.7. The van der Waals surface area contributed by atoms with E-state index in [1.54, 1.807) is 36.0 Å². The number of nitrogens with zero attached hydrogens (tertiary/aromatic N) is 1. The van der Waals surface area contributed by atoms with Crippen LogP contribution in [0.5, 0.6) is 0 Å². The summed E-state index contributed by atoms with van der Waals surface area (Å²) < 4.78 is 26.7. The van der Waals surface area contributed by atoms with E-state index < -0.39 is 10.0 Å². The molecule has 0 saturated carbocycles. The summed E-state index contributed by atoms with van der Waals surface area (Å²) in [5, 5.41) is 6.01. The fourth-order valence-electron chi connectivity index (χ4n) is 3.68. The number of fused-ring (bicyclic) bond motifs is 1. The molecule has 0 radical (unpaired) electrons. The van der Waals surface area contributed by atoms with Crippen LogP contribution in [0.1, 0.15) is 45.1 Å². The van der Waals surface area contributed by atoms with Crippen molar-refractivity contribution in [3.05, 3.63) is 59.9 Å². The van der Waals surface area contributed by atoms with Crippen molar-refractivity contribution in [2.24, 2.45) is 5.92 Å². The number of benzene rings is 2. The number of hydrogen-bond donors (Lipinski definition) is 2. The number of hydrogen-bond acceptors (Lipinski definition) is 5. The number of aryl methyl sites for hydroxylation is 1. The third-order valence-electron chi connectivity index (χ3n) is 5.81. The summed E-state index contributed by atoms with van der Waals surface area (Å²) in [6.45, 7) is 6.42. The van der Waals surface area contributed by atoms with Gasteiger partial charge in [-0.3, -0.25) is 9.10 Å². The smallest absolute Gasteiger partial charge is 0.267 e. The second-order valence-electron chi connectivity index (χ2n) is 8.34. The van der Waals surface area contributed by atoms with Gasteiger partial charge in [-0.2, -0.15) is 0 Å². The molecule has 2 aromatic rings. The van der Waals surface area contributed by atoms with Crippen LogP contribution in [-0.4, -0.2) is 31.4 Å². The van der Waals surface area contributed by atoms with Crippen LogP contribution < -0.4 is 10.6 Å². The van der Waals surface area contributed by atoms with E-state index in [2.05, 4.69) is 24.5 Å². The predicted octanol–water partition coefficient (Wildman–Crippen LogP) is 5.83. The monoisotopic (exact) mass is 487 g/mol. The van der Waals surface area contributed by atoms with Crippen LogP contribution >= 0.6 is 11.8 Å². The Morgan fingerprint density at radius 3 is 2.70 bits per heavy atom. The number of thioether (sulfide) groups is 1. The molecule has 0 saturated heterocycles. The van der Waals surface area contributed by atoms with E-state index in [9.17, 15) is 13.2 Å². The van der Waals surface area contributed by atoms with Gasteiger partial charge in [0.05, 0.1) is 11.4 Å². The van der Waals surface area contributed by atoms with E-state index in [0.717, 1.165) is 32.6 Å². The van der Waals surface area contributed by atoms with Crippen molar-refractivity contribution in [1.82, 2.24) is 4.31 Å². The Morgan fingerprint density at radius 1 is 1.21 bits per heavy atom. The van der Waals surface area contributed by atoms with Crippen molar-refractivity contribution in [2.75, 3.05) is 23.4 Å². The summed E-state index contributed by atoms with van der Waals surface area (Å²) in [7, 11) is -2.28.